The van der Waals surface area contributed by atoms with Gasteiger partial charge < -0.3 is 18.4 Å². The van der Waals surface area contributed by atoms with Crippen molar-refractivity contribution in [3.8, 4) is 0 Å². The number of nitrogens with zero attached hydrogens (tertiary/aromatic N) is 1. The molecule has 0 unspecified atom stereocenters. The highest BCUT2D eigenvalue weighted by Crippen LogP contribution is 2.38. The van der Waals surface area contributed by atoms with Crippen LogP contribution < -0.4 is 4.89 Å². The van der Waals surface area contributed by atoms with Gasteiger partial charge in [-0.2, -0.15) is 0 Å². The maximum absolute atomic E-state index is 11.9. The predicted octanol–water partition coefficient (Wildman–Crippen LogP) is 17.6. The van der Waals surface area contributed by atoms with Gasteiger partial charge in [-0.1, -0.05) is 265 Å². The number of unbranched alkanes of at least 4 members (excludes halogenated alkanes) is 39. The van der Waals surface area contributed by atoms with Gasteiger partial charge in [0.15, 0.2) is 0 Å². The SMILES string of the molecule is CCCCCCCCCCCCCCCCOP(=O)([O-])OCCCCCCCCCCCCCCCC.CCCCCCCCCCCCCCCC[N+](C)(C)C. The minimum atomic E-state index is -4.12. The zero-order valence-corrected chi connectivity index (χ0v) is 41.2. The van der Waals surface area contributed by atoms with Crippen LogP contribution >= 0.6 is 7.82 Å². The lowest BCUT2D eigenvalue weighted by atomic mass is 10.0. The summed E-state index contributed by atoms with van der Waals surface area (Å²) >= 11 is 0. The maximum atomic E-state index is 11.9. The Morgan fingerprint density at radius 1 is 0.316 bits per heavy atom. The summed E-state index contributed by atoms with van der Waals surface area (Å²) in [5, 5.41) is 0. The monoisotopic (exact) mass is 830 g/mol. The third kappa shape index (κ3) is 58.2. The third-order valence-electron chi connectivity index (χ3n) is 11.7. The van der Waals surface area contributed by atoms with E-state index in [1.54, 1.807) is 0 Å². The molecule has 0 radical (unpaired) electrons. The van der Waals surface area contributed by atoms with Gasteiger partial charge in [-0.15, -0.1) is 0 Å². The Morgan fingerprint density at radius 2 is 0.491 bits per heavy atom. The van der Waals surface area contributed by atoms with Gasteiger partial charge in [0.05, 0.1) is 40.9 Å². The summed E-state index contributed by atoms with van der Waals surface area (Å²) in [6.07, 6.45) is 56.4. The van der Waals surface area contributed by atoms with E-state index in [1.807, 2.05) is 0 Å². The van der Waals surface area contributed by atoms with Crippen molar-refractivity contribution in [2.45, 2.75) is 290 Å². The summed E-state index contributed by atoms with van der Waals surface area (Å²) in [5.41, 5.74) is 0. The largest absolute Gasteiger partial charge is 0.756 e. The van der Waals surface area contributed by atoms with Crippen LogP contribution in [0.5, 0.6) is 0 Å². The van der Waals surface area contributed by atoms with E-state index in [4.69, 9.17) is 9.05 Å². The number of phosphoric ester groups is 1. The third-order valence-corrected chi connectivity index (χ3v) is 12.7. The van der Waals surface area contributed by atoms with Crippen LogP contribution in [0.2, 0.25) is 0 Å². The highest BCUT2D eigenvalue weighted by atomic mass is 31.2. The molecule has 0 atom stereocenters. The normalized spacial score (nSPS) is 12.0. The van der Waals surface area contributed by atoms with Gasteiger partial charge in [0.25, 0.3) is 7.82 Å². The first kappa shape index (κ1) is 59.2. The van der Waals surface area contributed by atoms with E-state index >= 15 is 0 Å². The number of quaternary nitrogens is 1. The molecule has 346 valence electrons. The highest BCUT2D eigenvalue weighted by Gasteiger charge is 2.09. The van der Waals surface area contributed by atoms with Gasteiger partial charge in [0.1, 0.15) is 0 Å². The van der Waals surface area contributed by atoms with E-state index in [9.17, 15) is 9.46 Å². The lowest BCUT2D eigenvalue weighted by Crippen LogP contribution is -2.35. The number of hydrogen-bond acceptors (Lipinski definition) is 4. The molecular formula is C51H108NO4P. The molecule has 0 amide bonds. The van der Waals surface area contributed by atoms with Crippen molar-refractivity contribution in [3.63, 3.8) is 0 Å². The lowest BCUT2D eigenvalue weighted by Gasteiger charge is -2.23. The van der Waals surface area contributed by atoms with Crippen LogP contribution in [0.1, 0.15) is 290 Å². The minimum absolute atomic E-state index is 0.261. The predicted molar refractivity (Wildman–Crippen MR) is 253 cm³/mol. The van der Waals surface area contributed by atoms with E-state index in [0.29, 0.717) is 0 Å². The summed E-state index contributed by atoms with van der Waals surface area (Å²) in [5.74, 6) is 0. The Morgan fingerprint density at radius 3 is 0.684 bits per heavy atom. The van der Waals surface area contributed by atoms with Gasteiger partial charge in [0.2, 0.25) is 0 Å². The van der Waals surface area contributed by atoms with Crippen molar-refractivity contribution >= 4 is 7.82 Å². The van der Waals surface area contributed by atoms with Crippen LogP contribution in [-0.2, 0) is 13.6 Å². The summed E-state index contributed by atoms with van der Waals surface area (Å²) in [7, 11) is 2.77. The molecule has 0 aliphatic carbocycles. The first-order valence-electron chi connectivity index (χ1n) is 26.1. The Hall–Kier alpha value is 0.0700. The van der Waals surface area contributed by atoms with Crippen molar-refractivity contribution in [3.05, 3.63) is 0 Å². The Labute approximate surface area is 361 Å². The van der Waals surface area contributed by atoms with Crippen molar-refractivity contribution < 1.29 is 23.0 Å². The molecule has 0 aliphatic rings. The van der Waals surface area contributed by atoms with Gasteiger partial charge in [-0.25, -0.2) is 0 Å². The topological polar surface area (TPSA) is 58.6 Å². The van der Waals surface area contributed by atoms with Crippen LogP contribution in [0.15, 0.2) is 0 Å². The zero-order valence-electron chi connectivity index (χ0n) is 40.3. The van der Waals surface area contributed by atoms with Gasteiger partial charge in [-0.05, 0) is 25.7 Å². The molecule has 0 bridgehead atoms. The molecule has 0 rings (SSSR count). The summed E-state index contributed by atoms with van der Waals surface area (Å²) in [4.78, 5) is 11.9. The molecule has 6 heteroatoms. The second-order valence-corrected chi connectivity index (χ2v) is 20.3. The quantitative estimate of drug-likeness (QED) is 0.0348. The van der Waals surface area contributed by atoms with Gasteiger partial charge >= 0.3 is 0 Å². The molecular weight excluding hydrogens is 722 g/mol. The number of phosphoric acid groups is 1. The summed E-state index contributed by atoms with van der Waals surface area (Å²) < 4.78 is 23.1. The molecule has 0 spiro atoms. The first-order valence-corrected chi connectivity index (χ1v) is 27.5. The molecule has 0 saturated heterocycles. The van der Waals surface area contributed by atoms with Crippen molar-refractivity contribution in [2.75, 3.05) is 40.9 Å². The summed E-state index contributed by atoms with van der Waals surface area (Å²) in [6, 6.07) is 0. The standard InChI is InChI=1S/C32H67O4P.C19H42N/c1-3-5-7-9-11-13-15-17-19-21-23-25-27-29-31-35-37(33,34)36-32-30-28-26-24-22-20-18-16-14-12-10-8-6-4-2;1-5-6-7-8-9-10-11-12-13-14-15-16-17-18-19-20(2,3)4/h3-32H2,1-2H3,(H,33,34);5-19H2,1-4H3/q;+1/p-1. The molecule has 0 saturated carbocycles. The molecule has 0 aliphatic heterocycles. The molecule has 0 aromatic carbocycles. The fourth-order valence-electron chi connectivity index (χ4n) is 7.76. The molecule has 0 fully saturated rings. The van der Waals surface area contributed by atoms with Crippen LogP contribution in [0.3, 0.4) is 0 Å². The Balaban J connectivity index is 0. The van der Waals surface area contributed by atoms with E-state index in [0.717, 1.165) is 30.2 Å². The first-order chi connectivity index (χ1) is 27.7. The summed E-state index contributed by atoms with van der Waals surface area (Å²) in [6.45, 7) is 8.69. The van der Waals surface area contributed by atoms with Gasteiger partial charge in [0, 0.05) is 0 Å². The second-order valence-electron chi connectivity index (χ2n) is 18.9. The van der Waals surface area contributed by atoms with E-state index in [2.05, 4.69) is 41.9 Å². The van der Waals surface area contributed by atoms with Crippen LogP contribution in [-0.4, -0.2) is 45.4 Å². The number of rotatable bonds is 47. The van der Waals surface area contributed by atoms with E-state index in [-0.39, 0.29) is 13.2 Å². The molecule has 57 heavy (non-hydrogen) atoms. The van der Waals surface area contributed by atoms with E-state index in [1.165, 1.54) is 251 Å². The van der Waals surface area contributed by atoms with E-state index < -0.39 is 7.82 Å². The van der Waals surface area contributed by atoms with Gasteiger partial charge in [-0.3, -0.25) is 4.57 Å². The minimum Gasteiger partial charge on any atom is -0.756 e. The fourth-order valence-corrected chi connectivity index (χ4v) is 8.54. The van der Waals surface area contributed by atoms with Crippen LogP contribution in [0.4, 0.5) is 0 Å². The van der Waals surface area contributed by atoms with Crippen LogP contribution in [0.25, 0.3) is 0 Å². The molecule has 0 heterocycles. The number of hydrogen-bond donors (Lipinski definition) is 0. The highest BCUT2D eigenvalue weighted by molar-refractivity contribution is 7.45. The Bertz CT molecular complexity index is 735. The van der Waals surface area contributed by atoms with Crippen molar-refractivity contribution in [1.29, 1.82) is 0 Å². The fraction of sp³-hybridized carbons (Fsp3) is 1.00. The van der Waals surface area contributed by atoms with Crippen LogP contribution in [0, 0.1) is 0 Å². The molecule has 0 N–H and O–H groups in total. The second kappa shape index (κ2) is 48.7. The molecule has 0 aromatic rings. The molecule has 5 nitrogen and oxygen atoms in total. The van der Waals surface area contributed by atoms with Crippen molar-refractivity contribution in [1.82, 2.24) is 0 Å². The Kier molecular flexibility index (Phi) is 50.6. The van der Waals surface area contributed by atoms with Crippen molar-refractivity contribution in [2.24, 2.45) is 0 Å². The zero-order chi connectivity index (χ0) is 42.2. The smallest absolute Gasteiger partial charge is 0.267 e. The average molecular weight is 830 g/mol. The average Bonchev–Trinajstić information content (AvgIpc) is 3.17. The lowest BCUT2D eigenvalue weighted by molar-refractivity contribution is -0.870. The maximum Gasteiger partial charge on any atom is 0.267 e. The molecule has 0 aromatic heterocycles.